The van der Waals surface area contributed by atoms with Crippen LogP contribution in [0.25, 0.3) is 0 Å². The number of fused-ring (bicyclic) bond motifs is 5. The number of methoxy groups -OCH3 is 2. The Morgan fingerprint density at radius 1 is 1.07 bits per heavy atom. The average Bonchev–Trinajstić information content (AvgIpc) is 3.37. The molecule has 2 N–H and O–H groups in total. The van der Waals surface area contributed by atoms with Crippen molar-refractivity contribution in [3.63, 3.8) is 0 Å². The Labute approximate surface area is 262 Å². The number of rotatable bonds is 8. The number of esters is 3. The number of hydrogen-bond acceptors (Lipinski definition) is 11. The van der Waals surface area contributed by atoms with Gasteiger partial charge in [-0.05, 0) is 35.8 Å². The molecule has 0 radical (unpaired) electrons. The molecule has 2 saturated carbocycles. The Morgan fingerprint density at radius 2 is 1.76 bits per heavy atom. The van der Waals surface area contributed by atoms with Crippen LogP contribution in [-0.4, -0.2) is 77.6 Å². The third kappa shape index (κ3) is 4.69. The van der Waals surface area contributed by atoms with Crippen molar-refractivity contribution < 1.29 is 53.1 Å². The van der Waals surface area contributed by atoms with Crippen molar-refractivity contribution in [1.29, 1.82) is 0 Å². The van der Waals surface area contributed by atoms with Gasteiger partial charge in [0.05, 0.1) is 19.1 Å². The molecule has 0 spiro atoms. The number of aromatic hydroxyl groups is 1. The molecule has 0 amide bonds. The summed E-state index contributed by atoms with van der Waals surface area (Å²) in [6.45, 7) is 9.62. The first-order valence-corrected chi connectivity index (χ1v) is 15.1. The summed E-state index contributed by atoms with van der Waals surface area (Å²) in [5.74, 6) is -4.65. The molecule has 1 aromatic rings. The molecular weight excluding hydrogens is 584 g/mol. The summed E-state index contributed by atoms with van der Waals surface area (Å²) in [6, 6.07) is 4.57. The van der Waals surface area contributed by atoms with Gasteiger partial charge in [-0.15, -0.1) is 0 Å². The van der Waals surface area contributed by atoms with Crippen LogP contribution in [0.4, 0.5) is 0 Å². The van der Waals surface area contributed by atoms with E-state index in [1.807, 2.05) is 19.9 Å². The third-order valence-electron chi connectivity index (χ3n) is 10.7. The quantitative estimate of drug-likeness (QED) is 0.248. The summed E-state index contributed by atoms with van der Waals surface area (Å²) >= 11 is 0. The fraction of sp³-hybridized carbons (Fsp3) is 0.588. The molecule has 0 saturated heterocycles. The number of phenols is 1. The van der Waals surface area contributed by atoms with E-state index < -0.39 is 69.9 Å². The molecule has 0 aliphatic heterocycles. The number of aliphatic hydroxyl groups is 1. The normalized spacial score (nSPS) is 35.8. The van der Waals surface area contributed by atoms with Crippen LogP contribution in [0.5, 0.6) is 11.5 Å². The van der Waals surface area contributed by atoms with Gasteiger partial charge in [0.25, 0.3) is 0 Å². The van der Waals surface area contributed by atoms with E-state index in [2.05, 4.69) is 0 Å². The van der Waals surface area contributed by atoms with Crippen molar-refractivity contribution in [2.24, 2.45) is 29.1 Å². The molecule has 11 nitrogen and oxygen atoms in total. The molecule has 0 aromatic heterocycles. The Hall–Kier alpha value is -3.70. The minimum Gasteiger partial charge on any atom is -0.504 e. The monoisotopic (exact) mass is 626 g/mol. The molecular formula is C34H42O11. The van der Waals surface area contributed by atoms with E-state index in [-0.39, 0.29) is 36.7 Å². The molecule has 1 aromatic carbocycles. The highest BCUT2D eigenvalue weighted by atomic mass is 16.6. The van der Waals surface area contributed by atoms with Gasteiger partial charge in [-0.1, -0.05) is 39.0 Å². The topological polar surface area (TPSA) is 155 Å². The molecule has 45 heavy (non-hydrogen) atoms. The molecule has 11 heteroatoms. The van der Waals surface area contributed by atoms with Gasteiger partial charge in [-0.3, -0.25) is 19.2 Å². The lowest BCUT2D eigenvalue weighted by atomic mass is 9.59. The molecule has 8 atom stereocenters. The third-order valence-corrected chi connectivity index (χ3v) is 10.7. The standard InChI is InChI=1S/C34H42O11/c1-17-11-26-32(42-8,29(17)39)15-22(16-43-27(38)14-21-9-10-24(37)25(13-21)41-7)12-23-28-31(5,6)34(28,45-20(4)36)30(44-19(3)35)18(2)33(23,26)40/h9-13,18,23,26,28,30,37,40H,14-16H2,1-8H3/t18-,23+,26-,28-,30?,32-,33?,34-/m1/s1. The highest BCUT2D eigenvalue weighted by molar-refractivity contribution is 6.05. The maximum atomic E-state index is 13.8. The van der Waals surface area contributed by atoms with Crippen molar-refractivity contribution >= 4 is 23.7 Å². The van der Waals surface area contributed by atoms with E-state index in [4.69, 9.17) is 23.7 Å². The minimum atomic E-state index is -1.68. The summed E-state index contributed by atoms with van der Waals surface area (Å²) in [7, 11) is 2.83. The number of hydrogen-bond donors (Lipinski definition) is 2. The smallest absolute Gasteiger partial charge is 0.310 e. The van der Waals surface area contributed by atoms with Crippen LogP contribution in [0.15, 0.2) is 41.5 Å². The molecule has 4 aliphatic carbocycles. The zero-order valence-electron chi connectivity index (χ0n) is 27.0. The largest absolute Gasteiger partial charge is 0.504 e. The van der Waals surface area contributed by atoms with Crippen LogP contribution in [0, 0.1) is 29.1 Å². The Balaban J connectivity index is 1.57. The maximum absolute atomic E-state index is 13.8. The lowest BCUT2D eigenvalue weighted by Crippen LogP contribution is -2.66. The van der Waals surface area contributed by atoms with Gasteiger partial charge in [0.2, 0.25) is 0 Å². The predicted octanol–water partition coefficient (Wildman–Crippen LogP) is 3.23. The summed E-state index contributed by atoms with van der Waals surface area (Å²) in [4.78, 5) is 51.7. The number of Topliss-reactive ketones (excluding diaryl/α,β-unsaturated/α-hetero) is 1. The van der Waals surface area contributed by atoms with Crippen LogP contribution in [0.2, 0.25) is 0 Å². The first kappa shape index (κ1) is 32.7. The average molecular weight is 627 g/mol. The highest BCUT2D eigenvalue weighted by Crippen LogP contribution is 2.77. The molecule has 0 heterocycles. The lowest BCUT2D eigenvalue weighted by Gasteiger charge is -2.53. The van der Waals surface area contributed by atoms with Crippen LogP contribution in [0.1, 0.15) is 53.5 Å². The second-order valence-electron chi connectivity index (χ2n) is 13.4. The fourth-order valence-corrected chi connectivity index (χ4v) is 8.72. The highest BCUT2D eigenvalue weighted by Gasteiger charge is 2.87. The maximum Gasteiger partial charge on any atom is 0.310 e. The Kier molecular flexibility index (Phi) is 7.97. The summed E-state index contributed by atoms with van der Waals surface area (Å²) in [5, 5.41) is 22.9. The van der Waals surface area contributed by atoms with Gasteiger partial charge in [-0.25, -0.2) is 0 Å². The number of ketones is 1. The van der Waals surface area contributed by atoms with Gasteiger partial charge >= 0.3 is 17.9 Å². The van der Waals surface area contributed by atoms with E-state index in [1.54, 1.807) is 32.1 Å². The van der Waals surface area contributed by atoms with Crippen LogP contribution in [-0.2, 0) is 44.5 Å². The molecule has 2 unspecified atom stereocenters. The van der Waals surface area contributed by atoms with Crippen molar-refractivity contribution in [3.05, 3.63) is 47.1 Å². The zero-order chi connectivity index (χ0) is 33.3. The van der Waals surface area contributed by atoms with Crippen LogP contribution >= 0.6 is 0 Å². The van der Waals surface area contributed by atoms with Crippen molar-refractivity contribution in [3.8, 4) is 11.5 Å². The summed E-state index contributed by atoms with van der Waals surface area (Å²) in [6.07, 6.45) is 2.51. The Morgan fingerprint density at radius 3 is 2.36 bits per heavy atom. The second kappa shape index (κ2) is 11.0. The summed E-state index contributed by atoms with van der Waals surface area (Å²) in [5.41, 5.74) is -3.60. The lowest BCUT2D eigenvalue weighted by molar-refractivity contribution is -0.229. The van der Waals surface area contributed by atoms with E-state index in [0.717, 1.165) is 0 Å². The predicted molar refractivity (Wildman–Crippen MR) is 159 cm³/mol. The van der Waals surface area contributed by atoms with Crippen molar-refractivity contribution in [1.82, 2.24) is 0 Å². The SMILES string of the molecule is COc1cc(CC(=O)OCC2=C[C@H]3[C@@H]4C(C)(C)[C@]4(OC(C)=O)C(OC(C)=O)[C@@H](C)C3(O)[C@@H]3C=C(C)C(=O)[C@@]3(OC)C2)ccc1O. The van der Waals surface area contributed by atoms with E-state index >= 15 is 0 Å². The van der Waals surface area contributed by atoms with Gasteiger partial charge in [0.1, 0.15) is 18.3 Å². The van der Waals surface area contributed by atoms with Gasteiger partial charge in [0.15, 0.2) is 22.9 Å². The van der Waals surface area contributed by atoms with Gasteiger partial charge in [0, 0.05) is 56.5 Å². The van der Waals surface area contributed by atoms with Crippen molar-refractivity contribution in [2.45, 2.75) is 77.3 Å². The fourth-order valence-electron chi connectivity index (χ4n) is 8.72. The molecule has 4 aliphatic rings. The molecule has 5 rings (SSSR count). The second-order valence-corrected chi connectivity index (χ2v) is 13.4. The molecule has 2 fully saturated rings. The van der Waals surface area contributed by atoms with E-state index in [0.29, 0.717) is 16.7 Å². The number of benzene rings is 1. The molecule has 244 valence electrons. The van der Waals surface area contributed by atoms with Crippen molar-refractivity contribution in [2.75, 3.05) is 20.8 Å². The number of ether oxygens (including phenoxy) is 5. The first-order valence-electron chi connectivity index (χ1n) is 15.1. The van der Waals surface area contributed by atoms with Crippen LogP contribution in [0.3, 0.4) is 0 Å². The molecule has 0 bridgehead atoms. The number of phenolic OH excluding ortho intramolecular Hbond substituents is 1. The zero-order valence-corrected chi connectivity index (χ0v) is 27.0. The Bertz CT molecular complexity index is 1510. The first-order chi connectivity index (χ1) is 21.0. The van der Waals surface area contributed by atoms with Gasteiger partial charge < -0.3 is 33.9 Å². The number of carbonyl (C=O) groups excluding carboxylic acids is 4. The van der Waals surface area contributed by atoms with Crippen LogP contribution < -0.4 is 4.74 Å². The van der Waals surface area contributed by atoms with E-state index in [9.17, 15) is 29.4 Å². The summed E-state index contributed by atoms with van der Waals surface area (Å²) < 4.78 is 28.8. The van der Waals surface area contributed by atoms with E-state index in [1.165, 1.54) is 34.1 Å². The number of carbonyl (C=O) groups is 4. The minimum absolute atomic E-state index is 0.0403. The van der Waals surface area contributed by atoms with Gasteiger partial charge in [-0.2, -0.15) is 0 Å².